The summed E-state index contributed by atoms with van der Waals surface area (Å²) in [6.45, 7) is 3.71. The van der Waals surface area contributed by atoms with Crippen molar-refractivity contribution >= 4 is 11.8 Å². The second-order valence-electron chi connectivity index (χ2n) is 6.72. The molecule has 3 rings (SSSR count). The molecule has 6 heteroatoms. The van der Waals surface area contributed by atoms with Crippen LogP contribution in [0.15, 0.2) is 0 Å². The number of H-pyrrole nitrogens is 1. The van der Waals surface area contributed by atoms with E-state index in [1.165, 1.54) is 30.5 Å². The van der Waals surface area contributed by atoms with Gasteiger partial charge in [0.2, 0.25) is 11.8 Å². The number of fused-ring (bicyclic) bond motifs is 1. The van der Waals surface area contributed by atoms with Crippen molar-refractivity contribution in [2.45, 2.75) is 52.0 Å². The van der Waals surface area contributed by atoms with Crippen LogP contribution in [0.4, 0.5) is 0 Å². The fraction of sp³-hybridized carbons (Fsp3) is 0.706. The molecule has 0 saturated carbocycles. The molecule has 0 unspecified atom stereocenters. The fourth-order valence-corrected chi connectivity index (χ4v) is 3.71. The molecular formula is C17H26N4O2. The highest BCUT2D eigenvalue weighted by Crippen LogP contribution is 2.24. The van der Waals surface area contributed by atoms with Gasteiger partial charge in [-0.25, -0.2) is 0 Å². The first-order valence-corrected chi connectivity index (χ1v) is 8.68. The average molecular weight is 318 g/mol. The van der Waals surface area contributed by atoms with E-state index < -0.39 is 0 Å². The molecule has 1 atom stereocenters. The van der Waals surface area contributed by atoms with Gasteiger partial charge < -0.3 is 9.80 Å². The van der Waals surface area contributed by atoms with Crippen molar-refractivity contribution in [3.63, 3.8) is 0 Å². The van der Waals surface area contributed by atoms with Gasteiger partial charge in [-0.2, -0.15) is 5.10 Å². The van der Waals surface area contributed by atoms with Crippen molar-refractivity contribution in [1.82, 2.24) is 20.0 Å². The summed E-state index contributed by atoms with van der Waals surface area (Å²) in [6, 6.07) is 0. The molecule has 0 aromatic carbocycles. The first-order valence-electron chi connectivity index (χ1n) is 8.68. The van der Waals surface area contributed by atoms with Gasteiger partial charge in [-0.3, -0.25) is 14.7 Å². The predicted molar refractivity (Wildman–Crippen MR) is 86.7 cm³/mol. The lowest BCUT2D eigenvalue weighted by Gasteiger charge is -2.21. The number of rotatable bonds is 4. The van der Waals surface area contributed by atoms with Crippen LogP contribution in [0, 0.1) is 5.92 Å². The number of amides is 2. The monoisotopic (exact) mass is 318 g/mol. The Balaban J connectivity index is 1.65. The Hall–Kier alpha value is -1.85. The van der Waals surface area contributed by atoms with Gasteiger partial charge in [0, 0.05) is 32.3 Å². The number of nitrogens with zero attached hydrogens (tertiary/aromatic N) is 3. The Morgan fingerprint density at radius 2 is 2.13 bits per heavy atom. The molecule has 1 aliphatic carbocycles. The minimum atomic E-state index is -0.204. The summed E-state index contributed by atoms with van der Waals surface area (Å²) in [5.41, 5.74) is 3.54. The van der Waals surface area contributed by atoms with Crippen molar-refractivity contribution in [3.05, 3.63) is 17.0 Å². The van der Waals surface area contributed by atoms with Gasteiger partial charge in [0.1, 0.15) is 0 Å². The third-order valence-corrected chi connectivity index (χ3v) is 5.10. The number of carbonyl (C=O) groups is 2. The van der Waals surface area contributed by atoms with E-state index in [4.69, 9.17) is 0 Å². The number of carbonyl (C=O) groups excluding carboxylic acids is 2. The van der Waals surface area contributed by atoms with Crippen molar-refractivity contribution in [1.29, 1.82) is 0 Å². The molecular weight excluding hydrogens is 292 g/mol. The van der Waals surface area contributed by atoms with Crippen LogP contribution in [-0.4, -0.2) is 51.9 Å². The number of hydrogen-bond donors (Lipinski definition) is 1. The molecule has 6 nitrogen and oxygen atoms in total. The van der Waals surface area contributed by atoms with Gasteiger partial charge in [-0.05, 0) is 38.2 Å². The van der Waals surface area contributed by atoms with Gasteiger partial charge in [0.05, 0.1) is 18.2 Å². The summed E-state index contributed by atoms with van der Waals surface area (Å²) in [7, 11) is 1.82. The van der Waals surface area contributed by atoms with Crippen molar-refractivity contribution in [3.8, 4) is 0 Å². The maximum Gasteiger partial charge on any atom is 0.228 e. The molecule has 0 spiro atoms. The zero-order valence-corrected chi connectivity index (χ0v) is 14.1. The molecule has 1 aromatic rings. The van der Waals surface area contributed by atoms with Crippen molar-refractivity contribution < 1.29 is 9.59 Å². The normalized spacial score (nSPS) is 21.2. The van der Waals surface area contributed by atoms with E-state index in [1.807, 2.05) is 14.0 Å². The van der Waals surface area contributed by atoms with Crippen LogP contribution in [0.2, 0.25) is 0 Å². The molecule has 126 valence electrons. The topological polar surface area (TPSA) is 69.3 Å². The Labute approximate surface area is 137 Å². The lowest BCUT2D eigenvalue weighted by Crippen LogP contribution is -2.34. The highest BCUT2D eigenvalue weighted by atomic mass is 16.2. The van der Waals surface area contributed by atoms with E-state index in [9.17, 15) is 9.59 Å². The largest absolute Gasteiger partial charge is 0.342 e. The minimum Gasteiger partial charge on any atom is -0.342 e. The Kier molecular flexibility index (Phi) is 4.68. The highest BCUT2D eigenvalue weighted by molar-refractivity contribution is 5.89. The smallest absolute Gasteiger partial charge is 0.228 e. The molecule has 23 heavy (non-hydrogen) atoms. The molecule has 1 aliphatic heterocycles. The number of nitrogens with one attached hydrogen (secondary N) is 1. The molecule has 0 bridgehead atoms. The Bertz CT molecular complexity index is 595. The van der Waals surface area contributed by atoms with Crippen molar-refractivity contribution in [2.75, 3.05) is 20.1 Å². The third-order valence-electron chi connectivity index (χ3n) is 5.10. The summed E-state index contributed by atoms with van der Waals surface area (Å²) in [6.07, 6.45) is 6.11. The summed E-state index contributed by atoms with van der Waals surface area (Å²) < 4.78 is 0. The average Bonchev–Trinajstić information content (AvgIpc) is 3.01. The van der Waals surface area contributed by atoms with E-state index in [2.05, 4.69) is 10.2 Å². The summed E-state index contributed by atoms with van der Waals surface area (Å²) in [5.74, 6) is -0.0578. The number of hydrogen-bond acceptors (Lipinski definition) is 3. The summed E-state index contributed by atoms with van der Waals surface area (Å²) in [4.78, 5) is 27.9. The zero-order valence-electron chi connectivity index (χ0n) is 14.1. The highest BCUT2D eigenvalue weighted by Gasteiger charge is 2.35. The first kappa shape index (κ1) is 16.0. The van der Waals surface area contributed by atoms with E-state index in [0.717, 1.165) is 18.5 Å². The molecule has 1 aromatic heterocycles. The van der Waals surface area contributed by atoms with Crippen LogP contribution in [0.5, 0.6) is 0 Å². The molecule has 2 aliphatic rings. The SMILES string of the molecule is CCN1C[C@H](C(=O)N(C)Cc2n[nH]c3c2CCCCC3)CC1=O. The van der Waals surface area contributed by atoms with Gasteiger partial charge >= 0.3 is 0 Å². The van der Waals surface area contributed by atoms with Gasteiger partial charge in [-0.15, -0.1) is 0 Å². The van der Waals surface area contributed by atoms with E-state index in [-0.39, 0.29) is 17.7 Å². The number of likely N-dealkylation sites (tertiary alicyclic amines) is 1. The van der Waals surface area contributed by atoms with Gasteiger partial charge in [0.25, 0.3) is 0 Å². The molecule has 2 amide bonds. The van der Waals surface area contributed by atoms with E-state index in [1.54, 1.807) is 9.80 Å². The Morgan fingerprint density at radius 1 is 1.35 bits per heavy atom. The molecule has 1 fully saturated rings. The summed E-state index contributed by atoms with van der Waals surface area (Å²) in [5, 5.41) is 7.59. The van der Waals surface area contributed by atoms with E-state index in [0.29, 0.717) is 26.1 Å². The summed E-state index contributed by atoms with van der Waals surface area (Å²) >= 11 is 0. The van der Waals surface area contributed by atoms with Crippen molar-refractivity contribution in [2.24, 2.45) is 5.92 Å². The number of aryl methyl sites for hydroxylation is 1. The lowest BCUT2D eigenvalue weighted by molar-refractivity contribution is -0.135. The maximum atomic E-state index is 12.6. The Morgan fingerprint density at radius 3 is 2.87 bits per heavy atom. The van der Waals surface area contributed by atoms with Gasteiger partial charge in [0.15, 0.2) is 0 Å². The molecule has 1 N–H and O–H groups in total. The van der Waals surface area contributed by atoms with Crippen LogP contribution in [0.25, 0.3) is 0 Å². The van der Waals surface area contributed by atoms with Crippen LogP contribution >= 0.6 is 0 Å². The lowest BCUT2D eigenvalue weighted by atomic mass is 10.1. The minimum absolute atomic E-state index is 0.0553. The number of aromatic nitrogens is 2. The molecule has 0 radical (unpaired) electrons. The zero-order chi connectivity index (χ0) is 16.4. The van der Waals surface area contributed by atoms with Gasteiger partial charge in [-0.1, -0.05) is 6.42 Å². The van der Waals surface area contributed by atoms with E-state index >= 15 is 0 Å². The van der Waals surface area contributed by atoms with Crippen LogP contribution in [0.3, 0.4) is 0 Å². The second kappa shape index (κ2) is 6.72. The number of aromatic amines is 1. The molecule has 2 heterocycles. The second-order valence-corrected chi connectivity index (χ2v) is 6.72. The fourth-order valence-electron chi connectivity index (χ4n) is 3.71. The maximum absolute atomic E-state index is 12.6. The molecule has 1 saturated heterocycles. The van der Waals surface area contributed by atoms with Crippen LogP contribution in [-0.2, 0) is 29.0 Å². The van der Waals surface area contributed by atoms with Crippen LogP contribution in [0.1, 0.15) is 49.6 Å². The van der Waals surface area contributed by atoms with Crippen LogP contribution < -0.4 is 0 Å². The third kappa shape index (κ3) is 3.26. The predicted octanol–water partition coefficient (Wildman–Crippen LogP) is 1.51. The quantitative estimate of drug-likeness (QED) is 0.856. The first-order chi connectivity index (χ1) is 11.1. The standard InChI is InChI=1S/C17H26N4O2/c1-3-21-10-12(9-16(21)22)17(23)20(2)11-15-13-7-5-4-6-8-14(13)18-19-15/h12H,3-11H2,1-2H3,(H,18,19)/t12-/m1/s1.